The number of fused-ring (bicyclic) bond motifs is 1. The Morgan fingerprint density at radius 3 is 2.40 bits per heavy atom. The lowest BCUT2D eigenvalue weighted by Crippen LogP contribution is -2.45. The molecule has 0 aromatic heterocycles. The average molecular weight is 335 g/mol. The molecule has 1 N–H and O–H groups in total. The van der Waals surface area contributed by atoms with Gasteiger partial charge in [-0.15, -0.1) is 0 Å². The molecule has 2 aromatic rings. The summed E-state index contributed by atoms with van der Waals surface area (Å²) < 4.78 is 0. The molecule has 1 atom stereocenters. The van der Waals surface area contributed by atoms with Gasteiger partial charge in [0.1, 0.15) is 0 Å². The predicted octanol–water partition coefficient (Wildman–Crippen LogP) is 3.42. The number of likely N-dealkylation sites (tertiary alicyclic amines) is 1. The maximum absolute atomic E-state index is 12.4. The number of ketones is 1. The smallest absolute Gasteiger partial charge is 0.163 e. The number of hydrogen-bond donors (Lipinski definition) is 1. The van der Waals surface area contributed by atoms with E-state index in [0.29, 0.717) is 12.3 Å². The first-order chi connectivity index (χ1) is 12.1. The highest BCUT2D eigenvalue weighted by Gasteiger charge is 2.35. The normalized spacial score (nSPS) is 23.2. The Morgan fingerprint density at radius 1 is 0.960 bits per heavy atom. The number of rotatable bonds is 3. The molecule has 1 fully saturated rings. The molecule has 3 heteroatoms. The number of hydrogen-bond acceptors (Lipinski definition) is 3. The Balaban J connectivity index is 1.37. The van der Waals surface area contributed by atoms with Crippen molar-refractivity contribution in [2.24, 2.45) is 5.92 Å². The first-order valence-corrected chi connectivity index (χ1v) is 9.25. The fraction of sp³-hybridized carbons (Fsp3) is 0.409. The zero-order chi connectivity index (χ0) is 17.3. The summed E-state index contributed by atoms with van der Waals surface area (Å²) in [7, 11) is 0. The quantitative estimate of drug-likeness (QED) is 0.934. The molecule has 0 radical (unpaired) electrons. The van der Waals surface area contributed by atoms with Crippen molar-refractivity contribution in [2.45, 2.75) is 31.3 Å². The van der Waals surface area contributed by atoms with Crippen molar-refractivity contribution < 1.29 is 9.90 Å². The van der Waals surface area contributed by atoms with Gasteiger partial charge in [-0.25, -0.2) is 0 Å². The van der Waals surface area contributed by atoms with E-state index in [2.05, 4.69) is 11.0 Å². The zero-order valence-corrected chi connectivity index (χ0v) is 14.5. The SMILES string of the molecule is O=C1CC(CN2CCC(O)(c3ccccc3)CC2)Cc2ccccc21. The number of aliphatic hydroxyl groups is 1. The standard InChI is InChI=1S/C22H25NO2/c24-21-15-17(14-18-6-4-5-9-20(18)21)16-23-12-10-22(25,11-13-23)19-7-2-1-3-8-19/h1-9,17,25H,10-16H2. The largest absolute Gasteiger partial charge is 0.385 e. The van der Waals surface area contributed by atoms with Gasteiger partial charge in [-0.3, -0.25) is 4.79 Å². The Labute approximate surface area is 149 Å². The molecule has 0 spiro atoms. The minimum Gasteiger partial charge on any atom is -0.385 e. The maximum atomic E-state index is 12.4. The highest BCUT2D eigenvalue weighted by atomic mass is 16.3. The van der Waals surface area contributed by atoms with E-state index in [1.165, 1.54) is 5.56 Å². The molecular formula is C22H25NO2. The summed E-state index contributed by atoms with van der Waals surface area (Å²) in [6, 6.07) is 18.0. The van der Waals surface area contributed by atoms with Crippen molar-refractivity contribution in [3.63, 3.8) is 0 Å². The van der Waals surface area contributed by atoms with Gasteiger partial charge in [-0.2, -0.15) is 0 Å². The van der Waals surface area contributed by atoms with E-state index in [-0.39, 0.29) is 5.78 Å². The molecule has 1 aliphatic carbocycles. The Hall–Kier alpha value is -1.97. The molecule has 1 aliphatic heterocycles. The summed E-state index contributed by atoms with van der Waals surface area (Å²) in [5.41, 5.74) is 2.43. The summed E-state index contributed by atoms with van der Waals surface area (Å²) in [6.07, 6.45) is 3.15. The lowest BCUT2D eigenvalue weighted by Gasteiger charge is -2.40. The monoisotopic (exact) mass is 335 g/mol. The fourth-order valence-electron chi connectivity index (χ4n) is 4.36. The number of carbonyl (C=O) groups is 1. The topological polar surface area (TPSA) is 40.5 Å². The van der Waals surface area contributed by atoms with Crippen LogP contribution in [0.15, 0.2) is 54.6 Å². The number of nitrogens with zero attached hydrogens (tertiary/aromatic N) is 1. The number of Topliss-reactive ketones (excluding diaryl/α,β-unsaturated/α-hetero) is 1. The van der Waals surface area contributed by atoms with Gasteiger partial charge in [-0.1, -0.05) is 54.6 Å². The summed E-state index contributed by atoms with van der Waals surface area (Å²) in [5, 5.41) is 11.0. The van der Waals surface area contributed by atoms with Crippen LogP contribution in [0.4, 0.5) is 0 Å². The summed E-state index contributed by atoms with van der Waals surface area (Å²) in [6.45, 7) is 2.72. The van der Waals surface area contributed by atoms with Gasteiger partial charge >= 0.3 is 0 Å². The molecule has 1 saturated heterocycles. The third-order valence-electron chi connectivity index (χ3n) is 5.81. The van der Waals surface area contributed by atoms with Crippen molar-refractivity contribution >= 4 is 5.78 Å². The van der Waals surface area contributed by atoms with E-state index in [0.717, 1.165) is 50.0 Å². The summed E-state index contributed by atoms with van der Waals surface area (Å²) >= 11 is 0. The van der Waals surface area contributed by atoms with Crippen molar-refractivity contribution in [2.75, 3.05) is 19.6 Å². The number of piperidine rings is 1. The van der Waals surface area contributed by atoms with Crippen LogP contribution in [-0.4, -0.2) is 35.4 Å². The minimum absolute atomic E-state index is 0.282. The van der Waals surface area contributed by atoms with E-state index >= 15 is 0 Å². The maximum Gasteiger partial charge on any atom is 0.163 e. The molecule has 1 unspecified atom stereocenters. The highest BCUT2D eigenvalue weighted by Crippen LogP contribution is 2.34. The van der Waals surface area contributed by atoms with Crippen LogP contribution in [-0.2, 0) is 12.0 Å². The second kappa shape index (κ2) is 6.74. The molecular weight excluding hydrogens is 310 g/mol. The van der Waals surface area contributed by atoms with Crippen LogP contribution in [0, 0.1) is 5.92 Å². The number of benzene rings is 2. The van der Waals surface area contributed by atoms with Crippen LogP contribution < -0.4 is 0 Å². The van der Waals surface area contributed by atoms with E-state index in [1.54, 1.807) is 0 Å². The van der Waals surface area contributed by atoms with Crippen LogP contribution in [0.2, 0.25) is 0 Å². The van der Waals surface area contributed by atoms with E-state index < -0.39 is 5.60 Å². The van der Waals surface area contributed by atoms with E-state index in [4.69, 9.17) is 0 Å². The summed E-state index contributed by atoms with van der Waals surface area (Å²) in [4.78, 5) is 14.8. The predicted molar refractivity (Wildman–Crippen MR) is 98.6 cm³/mol. The first kappa shape index (κ1) is 16.5. The molecule has 25 heavy (non-hydrogen) atoms. The van der Waals surface area contributed by atoms with Crippen molar-refractivity contribution in [1.29, 1.82) is 0 Å². The van der Waals surface area contributed by atoms with Crippen molar-refractivity contribution in [3.05, 3.63) is 71.3 Å². The Bertz CT molecular complexity index is 748. The van der Waals surface area contributed by atoms with Gasteiger partial charge < -0.3 is 10.0 Å². The summed E-state index contributed by atoms with van der Waals surface area (Å²) in [5.74, 6) is 0.676. The van der Waals surface area contributed by atoms with Crippen LogP contribution in [0.25, 0.3) is 0 Å². The van der Waals surface area contributed by atoms with Crippen LogP contribution >= 0.6 is 0 Å². The van der Waals surface area contributed by atoms with Gasteiger partial charge in [0.25, 0.3) is 0 Å². The lowest BCUT2D eigenvalue weighted by molar-refractivity contribution is -0.0290. The lowest BCUT2D eigenvalue weighted by atomic mass is 9.81. The second-order valence-electron chi connectivity index (χ2n) is 7.55. The fourth-order valence-corrected chi connectivity index (χ4v) is 4.36. The van der Waals surface area contributed by atoms with Crippen molar-refractivity contribution in [1.82, 2.24) is 4.90 Å². The van der Waals surface area contributed by atoms with Crippen molar-refractivity contribution in [3.8, 4) is 0 Å². The molecule has 0 amide bonds. The third-order valence-corrected chi connectivity index (χ3v) is 5.81. The Morgan fingerprint density at radius 2 is 1.64 bits per heavy atom. The molecule has 4 rings (SSSR count). The minimum atomic E-state index is -0.702. The Kier molecular flexibility index (Phi) is 4.45. The highest BCUT2D eigenvalue weighted by molar-refractivity contribution is 5.98. The van der Waals surface area contributed by atoms with Gasteiger partial charge in [0, 0.05) is 31.6 Å². The molecule has 130 valence electrons. The molecule has 0 saturated carbocycles. The van der Waals surface area contributed by atoms with E-state index in [9.17, 15) is 9.90 Å². The average Bonchev–Trinajstić information content (AvgIpc) is 2.65. The van der Waals surface area contributed by atoms with Gasteiger partial charge in [0.2, 0.25) is 0 Å². The molecule has 0 bridgehead atoms. The van der Waals surface area contributed by atoms with Crippen LogP contribution in [0.1, 0.15) is 40.7 Å². The van der Waals surface area contributed by atoms with Crippen LogP contribution in [0.5, 0.6) is 0 Å². The number of carbonyl (C=O) groups excluding carboxylic acids is 1. The van der Waals surface area contributed by atoms with Gasteiger partial charge in [-0.05, 0) is 36.3 Å². The second-order valence-corrected chi connectivity index (χ2v) is 7.55. The first-order valence-electron chi connectivity index (χ1n) is 9.25. The molecule has 1 heterocycles. The van der Waals surface area contributed by atoms with Gasteiger partial charge in [0.15, 0.2) is 5.78 Å². The zero-order valence-electron chi connectivity index (χ0n) is 14.5. The van der Waals surface area contributed by atoms with E-state index in [1.807, 2.05) is 48.5 Å². The molecule has 2 aromatic carbocycles. The molecule has 2 aliphatic rings. The van der Waals surface area contributed by atoms with Gasteiger partial charge in [0.05, 0.1) is 5.60 Å². The third kappa shape index (κ3) is 3.39. The van der Waals surface area contributed by atoms with Crippen LogP contribution in [0.3, 0.4) is 0 Å². The molecule has 3 nitrogen and oxygen atoms in total.